The summed E-state index contributed by atoms with van der Waals surface area (Å²) in [5.41, 5.74) is 0.715. The average Bonchev–Trinajstić information content (AvgIpc) is 2.98. The van der Waals surface area contributed by atoms with Crippen molar-refractivity contribution in [3.8, 4) is 11.5 Å². The number of anilines is 1. The van der Waals surface area contributed by atoms with Gasteiger partial charge in [-0.25, -0.2) is 9.69 Å². The number of nitro benzene ring substituents is 1. The van der Waals surface area contributed by atoms with Gasteiger partial charge >= 0.3 is 6.03 Å². The van der Waals surface area contributed by atoms with E-state index in [-0.39, 0.29) is 29.3 Å². The van der Waals surface area contributed by atoms with E-state index in [4.69, 9.17) is 4.74 Å². The molecule has 1 aliphatic rings. The highest BCUT2D eigenvalue weighted by Crippen LogP contribution is 2.36. The first-order valence-electron chi connectivity index (χ1n) is 9.55. The van der Waals surface area contributed by atoms with Crippen molar-refractivity contribution >= 4 is 35.3 Å². The van der Waals surface area contributed by atoms with E-state index in [0.717, 1.165) is 23.8 Å². The van der Waals surface area contributed by atoms with Crippen LogP contribution >= 0.6 is 0 Å². The highest BCUT2D eigenvalue weighted by molar-refractivity contribution is 6.16. The number of amides is 4. The Bertz CT molecular complexity index is 1140. The Kier molecular flexibility index (Phi) is 6.38. The van der Waals surface area contributed by atoms with E-state index in [2.05, 4.69) is 10.6 Å². The molecule has 1 fully saturated rings. The number of rotatable bonds is 7. The minimum absolute atomic E-state index is 0.0997. The lowest BCUT2D eigenvalue weighted by Crippen LogP contribution is -2.38. The molecular formula is C21H20N4O7. The molecule has 0 radical (unpaired) electrons. The number of urea groups is 1. The molecule has 11 heteroatoms. The molecule has 1 heterocycles. The standard InChI is InChI=1S/C21H20N4O7/c1-3-32-17-10-15(25(30)31)8-13(19(17)27)9-16-20(28)24(21(29)23-16)11-18(26)22-14-6-4-5-12(2)7-14/h4-10,27H,3,11H2,1-2H3,(H,22,26)(H,23,29)/b16-9+. The van der Waals surface area contributed by atoms with Gasteiger partial charge in [0.25, 0.3) is 11.6 Å². The molecule has 3 rings (SSSR count). The average molecular weight is 440 g/mol. The predicted octanol–water partition coefficient (Wildman–Crippen LogP) is 2.54. The largest absolute Gasteiger partial charge is 0.504 e. The zero-order valence-electron chi connectivity index (χ0n) is 17.2. The van der Waals surface area contributed by atoms with E-state index in [1.165, 1.54) is 0 Å². The van der Waals surface area contributed by atoms with Gasteiger partial charge in [-0.2, -0.15) is 0 Å². The molecule has 0 aliphatic carbocycles. The third-order valence-electron chi connectivity index (χ3n) is 4.47. The van der Waals surface area contributed by atoms with Crippen molar-refractivity contribution in [2.75, 3.05) is 18.5 Å². The van der Waals surface area contributed by atoms with Gasteiger partial charge in [0.1, 0.15) is 12.2 Å². The fourth-order valence-electron chi connectivity index (χ4n) is 3.03. The minimum Gasteiger partial charge on any atom is -0.504 e. The Hall–Kier alpha value is -4.41. The summed E-state index contributed by atoms with van der Waals surface area (Å²) in [5, 5.41) is 26.4. The van der Waals surface area contributed by atoms with Crippen LogP contribution in [0.15, 0.2) is 42.1 Å². The van der Waals surface area contributed by atoms with Gasteiger partial charge in [-0.05, 0) is 37.6 Å². The second-order valence-corrected chi connectivity index (χ2v) is 6.87. The van der Waals surface area contributed by atoms with Gasteiger partial charge in [-0.1, -0.05) is 12.1 Å². The Morgan fingerprint density at radius 3 is 2.72 bits per heavy atom. The summed E-state index contributed by atoms with van der Waals surface area (Å²) in [6, 6.07) is 8.26. The number of imide groups is 1. The van der Waals surface area contributed by atoms with E-state index in [9.17, 15) is 29.6 Å². The molecule has 166 valence electrons. The third-order valence-corrected chi connectivity index (χ3v) is 4.47. The van der Waals surface area contributed by atoms with E-state index >= 15 is 0 Å². The number of aromatic hydroxyl groups is 1. The first-order valence-corrected chi connectivity index (χ1v) is 9.55. The van der Waals surface area contributed by atoms with E-state index in [1.807, 2.05) is 13.0 Å². The van der Waals surface area contributed by atoms with Gasteiger partial charge in [0.2, 0.25) is 5.91 Å². The summed E-state index contributed by atoms with van der Waals surface area (Å²) in [6.45, 7) is 3.09. The number of phenolic OH excluding ortho intramolecular Hbond substituents is 1. The second kappa shape index (κ2) is 9.16. The van der Waals surface area contributed by atoms with Crippen LogP contribution in [-0.2, 0) is 9.59 Å². The van der Waals surface area contributed by atoms with Gasteiger partial charge in [0.05, 0.1) is 17.6 Å². The van der Waals surface area contributed by atoms with Crippen molar-refractivity contribution in [1.82, 2.24) is 10.2 Å². The molecule has 0 saturated carbocycles. The number of hydrogen-bond donors (Lipinski definition) is 3. The highest BCUT2D eigenvalue weighted by atomic mass is 16.6. The first-order chi connectivity index (χ1) is 15.2. The van der Waals surface area contributed by atoms with Gasteiger partial charge in [0.15, 0.2) is 11.5 Å². The van der Waals surface area contributed by atoms with Crippen molar-refractivity contribution < 1.29 is 29.2 Å². The van der Waals surface area contributed by atoms with Gasteiger partial charge in [-0.15, -0.1) is 0 Å². The molecule has 0 spiro atoms. The quantitative estimate of drug-likeness (QED) is 0.259. The van der Waals surface area contributed by atoms with Gasteiger partial charge in [-0.3, -0.25) is 19.7 Å². The monoisotopic (exact) mass is 440 g/mol. The van der Waals surface area contributed by atoms with Crippen LogP contribution in [0.25, 0.3) is 6.08 Å². The van der Waals surface area contributed by atoms with E-state index < -0.39 is 35.1 Å². The zero-order valence-corrected chi connectivity index (χ0v) is 17.2. The molecule has 1 aliphatic heterocycles. The molecule has 2 aromatic carbocycles. The van der Waals surface area contributed by atoms with Crippen LogP contribution in [0.3, 0.4) is 0 Å². The Morgan fingerprint density at radius 2 is 2.06 bits per heavy atom. The Labute approximate surface area is 182 Å². The SMILES string of the molecule is CCOc1cc([N+](=O)[O-])cc(/C=C2/NC(=O)N(CC(=O)Nc3cccc(C)c3)C2=O)c1O. The van der Waals surface area contributed by atoms with Crippen LogP contribution in [0.4, 0.5) is 16.2 Å². The summed E-state index contributed by atoms with van der Waals surface area (Å²) in [4.78, 5) is 48.4. The van der Waals surface area contributed by atoms with Crippen molar-refractivity contribution in [3.05, 3.63) is 63.3 Å². The number of benzene rings is 2. The van der Waals surface area contributed by atoms with E-state index in [1.54, 1.807) is 25.1 Å². The molecule has 11 nitrogen and oxygen atoms in total. The van der Waals surface area contributed by atoms with Crippen LogP contribution in [0.5, 0.6) is 11.5 Å². The number of nitro groups is 1. The van der Waals surface area contributed by atoms with Gasteiger partial charge in [0, 0.05) is 17.3 Å². The van der Waals surface area contributed by atoms with Crippen LogP contribution in [-0.4, -0.2) is 45.9 Å². The summed E-state index contributed by atoms with van der Waals surface area (Å²) in [7, 11) is 0. The molecular weight excluding hydrogens is 420 g/mol. The summed E-state index contributed by atoms with van der Waals surface area (Å²) in [5.74, 6) is -1.97. The molecule has 3 N–H and O–H groups in total. The maximum atomic E-state index is 12.7. The number of aryl methyl sites for hydroxylation is 1. The van der Waals surface area contributed by atoms with E-state index in [0.29, 0.717) is 10.6 Å². The van der Waals surface area contributed by atoms with Crippen molar-refractivity contribution in [1.29, 1.82) is 0 Å². The van der Waals surface area contributed by atoms with Crippen LogP contribution in [0, 0.1) is 17.0 Å². The number of carbonyl (C=O) groups is 3. The predicted molar refractivity (Wildman–Crippen MR) is 114 cm³/mol. The Balaban J connectivity index is 1.82. The number of nitrogens with one attached hydrogen (secondary N) is 2. The van der Waals surface area contributed by atoms with Crippen LogP contribution < -0.4 is 15.4 Å². The molecule has 1 saturated heterocycles. The summed E-state index contributed by atoms with van der Waals surface area (Å²) >= 11 is 0. The van der Waals surface area contributed by atoms with Gasteiger partial charge < -0.3 is 20.5 Å². The number of phenols is 1. The number of nitrogens with zero attached hydrogens (tertiary/aromatic N) is 2. The van der Waals surface area contributed by atoms with Crippen molar-refractivity contribution in [2.45, 2.75) is 13.8 Å². The molecule has 0 atom stereocenters. The van der Waals surface area contributed by atoms with Crippen LogP contribution in [0.1, 0.15) is 18.1 Å². The fraction of sp³-hybridized carbons (Fsp3) is 0.190. The molecule has 0 bridgehead atoms. The number of carbonyl (C=O) groups excluding carboxylic acids is 3. The first kappa shape index (κ1) is 22.3. The zero-order chi connectivity index (χ0) is 23.4. The molecule has 0 aromatic heterocycles. The topological polar surface area (TPSA) is 151 Å². The lowest BCUT2D eigenvalue weighted by molar-refractivity contribution is -0.385. The third kappa shape index (κ3) is 4.83. The summed E-state index contributed by atoms with van der Waals surface area (Å²) in [6.07, 6.45) is 1.09. The lowest BCUT2D eigenvalue weighted by atomic mass is 10.1. The minimum atomic E-state index is -0.837. The Morgan fingerprint density at radius 1 is 1.31 bits per heavy atom. The number of ether oxygens (including phenoxy) is 1. The maximum absolute atomic E-state index is 12.7. The molecule has 4 amide bonds. The number of non-ortho nitro benzene ring substituents is 1. The smallest absolute Gasteiger partial charge is 0.329 e. The normalized spacial score (nSPS) is 14.4. The van der Waals surface area contributed by atoms with Crippen molar-refractivity contribution in [2.24, 2.45) is 0 Å². The number of hydrogen-bond acceptors (Lipinski definition) is 7. The lowest BCUT2D eigenvalue weighted by Gasteiger charge is -2.12. The fourth-order valence-corrected chi connectivity index (χ4v) is 3.03. The molecule has 32 heavy (non-hydrogen) atoms. The molecule has 0 unspecified atom stereocenters. The second-order valence-electron chi connectivity index (χ2n) is 6.87. The molecule has 2 aromatic rings. The highest BCUT2D eigenvalue weighted by Gasteiger charge is 2.35. The van der Waals surface area contributed by atoms with Crippen molar-refractivity contribution in [3.63, 3.8) is 0 Å². The summed E-state index contributed by atoms with van der Waals surface area (Å²) < 4.78 is 5.20. The van der Waals surface area contributed by atoms with Crippen LogP contribution in [0.2, 0.25) is 0 Å². The maximum Gasteiger partial charge on any atom is 0.329 e.